The number of nitrogens with zero attached hydrogens (tertiary/aromatic N) is 1. The van der Waals surface area contributed by atoms with E-state index in [4.69, 9.17) is 14.2 Å². The van der Waals surface area contributed by atoms with Gasteiger partial charge in [-0.05, 0) is 41.5 Å². The average Bonchev–Trinajstić information content (AvgIpc) is 2.74. The van der Waals surface area contributed by atoms with E-state index in [2.05, 4.69) is 5.32 Å². The number of carbonyl (C=O) groups excluding carboxylic acids is 3. The SMILES string of the molecule is COc1cc(/C=C2/C(=O)NC(=O)N(Cc3ccc(F)cc3)C2=O)cc(OC)c1OC. The first-order valence-corrected chi connectivity index (χ1v) is 8.81. The van der Waals surface area contributed by atoms with E-state index < -0.39 is 23.7 Å². The van der Waals surface area contributed by atoms with Gasteiger partial charge >= 0.3 is 6.03 Å². The van der Waals surface area contributed by atoms with Crippen LogP contribution in [-0.2, 0) is 16.1 Å². The van der Waals surface area contributed by atoms with Crippen LogP contribution < -0.4 is 19.5 Å². The summed E-state index contributed by atoms with van der Waals surface area (Å²) in [6.45, 7) is -0.120. The maximum atomic E-state index is 13.1. The summed E-state index contributed by atoms with van der Waals surface area (Å²) >= 11 is 0. The zero-order chi connectivity index (χ0) is 21.8. The fraction of sp³-hybridized carbons (Fsp3) is 0.190. The lowest BCUT2D eigenvalue weighted by molar-refractivity contribution is -0.130. The molecule has 0 spiro atoms. The van der Waals surface area contributed by atoms with Crippen molar-refractivity contribution in [3.8, 4) is 17.2 Å². The van der Waals surface area contributed by atoms with Gasteiger partial charge in [-0.1, -0.05) is 12.1 Å². The van der Waals surface area contributed by atoms with E-state index in [-0.39, 0.29) is 12.1 Å². The number of halogens is 1. The lowest BCUT2D eigenvalue weighted by Gasteiger charge is -2.26. The van der Waals surface area contributed by atoms with Crippen LogP contribution in [0.1, 0.15) is 11.1 Å². The summed E-state index contributed by atoms with van der Waals surface area (Å²) in [4.78, 5) is 38.2. The smallest absolute Gasteiger partial charge is 0.331 e. The zero-order valence-corrected chi connectivity index (χ0v) is 16.5. The highest BCUT2D eigenvalue weighted by Crippen LogP contribution is 2.38. The monoisotopic (exact) mass is 414 g/mol. The average molecular weight is 414 g/mol. The molecule has 0 aliphatic carbocycles. The molecular weight excluding hydrogens is 395 g/mol. The van der Waals surface area contributed by atoms with Gasteiger partial charge in [0.05, 0.1) is 27.9 Å². The molecule has 0 aromatic heterocycles. The van der Waals surface area contributed by atoms with Gasteiger partial charge in [-0.3, -0.25) is 19.8 Å². The Kier molecular flexibility index (Phi) is 6.01. The molecular formula is C21H19FN2O6. The molecule has 0 bridgehead atoms. The van der Waals surface area contributed by atoms with Gasteiger partial charge in [-0.15, -0.1) is 0 Å². The van der Waals surface area contributed by atoms with Gasteiger partial charge in [0.1, 0.15) is 11.4 Å². The molecule has 1 fully saturated rings. The molecule has 1 aliphatic heterocycles. The van der Waals surface area contributed by atoms with Crippen LogP contribution in [0.25, 0.3) is 6.08 Å². The minimum absolute atomic E-state index is 0.120. The molecule has 1 aliphatic rings. The molecule has 1 heterocycles. The number of methoxy groups -OCH3 is 3. The van der Waals surface area contributed by atoms with Crippen molar-refractivity contribution >= 4 is 23.9 Å². The van der Waals surface area contributed by atoms with Gasteiger partial charge in [0.15, 0.2) is 11.5 Å². The highest BCUT2D eigenvalue weighted by atomic mass is 19.1. The first-order chi connectivity index (χ1) is 14.4. The van der Waals surface area contributed by atoms with Crippen molar-refractivity contribution in [2.75, 3.05) is 21.3 Å². The summed E-state index contributed by atoms with van der Waals surface area (Å²) in [7, 11) is 4.33. The van der Waals surface area contributed by atoms with Crippen LogP contribution in [0.3, 0.4) is 0 Å². The molecule has 1 saturated heterocycles. The second-order valence-electron chi connectivity index (χ2n) is 6.29. The Labute approximate surface area is 171 Å². The number of imide groups is 2. The van der Waals surface area contributed by atoms with Gasteiger partial charge in [0, 0.05) is 0 Å². The largest absolute Gasteiger partial charge is 0.493 e. The third kappa shape index (κ3) is 4.09. The maximum absolute atomic E-state index is 13.1. The number of hydrogen-bond acceptors (Lipinski definition) is 6. The molecule has 9 heteroatoms. The summed E-state index contributed by atoms with van der Waals surface area (Å²) in [5.41, 5.74) is 0.714. The van der Waals surface area contributed by atoms with E-state index in [1.165, 1.54) is 51.7 Å². The molecule has 4 amide bonds. The van der Waals surface area contributed by atoms with Gasteiger partial charge in [-0.2, -0.15) is 0 Å². The van der Waals surface area contributed by atoms with Gasteiger partial charge < -0.3 is 14.2 Å². The highest BCUT2D eigenvalue weighted by Gasteiger charge is 2.35. The van der Waals surface area contributed by atoms with Crippen molar-refractivity contribution in [2.45, 2.75) is 6.54 Å². The van der Waals surface area contributed by atoms with Crippen LogP contribution in [-0.4, -0.2) is 44.1 Å². The number of ether oxygens (including phenoxy) is 3. The quantitative estimate of drug-likeness (QED) is 0.577. The first kappa shape index (κ1) is 20.8. The van der Waals surface area contributed by atoms with Gasteiger partial charge in [0.25, 0.3) is 11.8 Å². The number of rotatable bonds is 6. The number of carbonyl (C=O) groups is 3. The fourth-order valence-corrected chi connectivity index (χ4v) is 2.96. The third-order valence-electron chi connectivity index (χ3n) is 4.44. The first-order valence-electron chi connectivity index (χ1n) is 8.81. The summed E-state index contributed by atoms with van der Waals surface area (Å²) in [6, 6.07) is 7.63. The summed E-state index contributed by atoms with van der Waals surface area (Å²) in [6.07, 6.45) is 1.33. The summed E-state index contributed by atoms with van der Waals surface area (Å²) in [5.74, 6) is -1.00. The van der Waals surface area contributed by atoms with E-state index in [0.717, 1.165) is 4.90 Å². The van der Waals surface area contributed by atoms with Crippen LogP contribution in [0.4, 0.5) is 9.18 Å². The van der Waals surface area contributed by atoms with Crippen molar-refractivity contribution in [3.63, 3.8) is 0 Å². The Hall–Kier alpha value is -3.88. The number of benzene rings is 2. The number of nitrogens with one attached hydrogen (secondary N) is 1. The predicted molar refractivity (Wildman–Crippen MR) is 105 cm³/mol. The molecule has 8 nitrogen and oxygen atoms in total. The minimum Gasteiger partial charge on any atom is -0.493 e. The van der Waals surface area contributed by atoms with Crippen molar-refractivity contribution in [3.05, 3.63) is 58.9 Å². The maximum Gasteiger partial charge on any atom is 0.331 e. The Morgan fingerprint density at radius 3 is 2.10 bits per heavy atom. The Morgan fingerprint density at radius 2 is 1.57 bits per heavy atom. The van der Waals surface area contributed by atoms with Crippen molar-refractivity contribution < 1.29 is 33.0 Å². The van der Waals surface area contributed by atoms with Crippen LogP contribution >= 0.6 is 0 Å². The van der Waals surface area contributed by atoms with Crippen molar-refractivity contribution in [1.82, 2.24) is 10.2 Å². The molecule has 2 aromatic carbocycles. The lowest BCUT2D eigenvalue weighted by Crippen LogP contribution is -2.53. The number of barbiturate groups is 1. The minimum atomic E-state index is -0.851. The lowest BCUT2D eigenvalue weighted by atomic mass is 10.1. The zero-order valence-electron chi connectivity index (χ0n) is 16.5. The highest BCUT2D eigenvalue weighted by molar-refractivity contribution is 6.31. The molecule has 30 heavy (non-hydrogen) atoms. The van der Waals surface area contributed by atoms with Crippen molar-refractivity contribution in [1.29, 1.82) is 0 Å². The van der Waals surface area contributed by atoms with Crippen LogP contribution in [0.2, 0.25) is 0 Å². The van der Waals surface area contributed by atoms with E-state index >= 15 is 0 Å². The Balaban J connectivity index is 1.97. The Bertz CT molecular complexity index is 1010. The molecule has 156 valence electrons. The second-order valence-corrected chi connectivity index (χ2v) is 6.29. The van der Waals surface area contributed by atoms with E-state index in [9.17, 15) is 18.8 Å². The molecule has 0 radical (unpaired) electrons. The van der Waals surface area contributed by atoms with Gasteiger partial charge in [-0.25, -0.2) is 9.18 Å². The molecule has 3 rings (SSSR count). The predicted octanol–water partition coefficient (Wildman–Crippen LogP) is 2.51. The summed E-state index contributed by atoms with van der Waals surface area (Å²) in [5, 5.41) is 2.14. The van der Waals surface area contributed by atoms with E-state index in [0.29, 0.717) is 28.4 Å². The normalized spacial score (nSPS) is 15.3. The second kappa shape index (κ2) is 8.64. The molecule has 2 aromatic rings. The van der Waals surface area contributed by atoms with E-state index in [1.807, 2.05) is 0 Å². The van der Waals surface area contributed by atoms with Gasteiger partial charge in [0.2, 0.25) is 5.75 Å². The van der Waals surface area contributed by atoms with Crippen molar-refractivity contribution in [2.24, 2.45) is 0 Å². The topological polar surface area (TPSA) is 94.2 Å². The Morgan fingerprint density at radius 1 is 0.967 bits per heavy atom. The molecule has 0 atom stereocenters. The van der Waals surface area contributed by atoms with Crippen LogP contribution in [0.5, 0.6) is 17.2 Å². The molecule has 0 unspecified atom stereocenters. The van der Waals surface area contributed by atoms with Crippen LogP contribution in [0.15, 0.2) is 42.0 Å². The summed E-state index contributed by atoms with van der Waals surface area (Å²) < 4.78 is 28.9. The number of hydrogen-bond donors (Lipinski definition) is 1. The third-order valence-corrected chi connectivity index (χ3v) is 4.44. The molecule has 1 N–H and O–H groups in total. The standard InChI is InChI=1S/C21H19FN2O6/c1-28-16-9-13(10-17(29-2)18(16)30-3)8-15-19(25)23-21(27)24(20(15)26)11-12-4-6-14(22)7-5-12/h4-10H,11H2,1-3H3,(H,23,25,27)/b15-8-. The number of urea groups is 1. The fourth-order valence-electron chi connectivity index (χ4n) is 2.96. The van der Waals surface area contributed by atoms with Crippen LogP contribution in [0, 0.1) is 5.82 Å². The van der Waals surface area contributed by atoms with E-state index in [1.54, 1.807) is 12.1 Å². The molecule has 0 saturated carbocycles. The number of amides is 4.